The number of allylic oxidation sites excluding steroid dienone is 1. The highest BCUT2D eigenvalue weighted by atomic mass is 16.5. The normalized spacial score (nSPS) is 15.2. The molecule has 1 aliphatic rings. The van der Waals surface area contributed by atoms with Crippen LogP contribution in [0, 0.1) is 0 Å². The van der Waals surface area contributed by atoms with Crippen LogP contribution in [0.15, 0.2) is 30.2 Å². The van der Waals surface area contributed by atoms with Crippen LogP contribution in [0.2, 0.25) is 0 Å². The van der Waals surface area contributed by atoms with Crippen LogP contribution in [0.1, 0.15) is 6.42 Å². The van der Waals surface area contributed by atoms with Crippen molar-refractivity contribution in [2.45, 2.75) is 6.42 Å². The van der Waals surface area contributed by atoms with Crippen LogP contribution >= 0.6 is 0 Å². The first kappa shape index (κ1) is 5.20. The topological polar surface area (TPSA) is 9.23 Å². The third-order valence-corrected chi connectivity index (χ3v) is 0.995. The Morgan fingerprint density at radius 2 is 2.88 bits per heavy atom. The van der Waals surface area contributed by atoms with Gasteiger partial charge in [0.25, 0.3) is 0 Å². The van der Waals surface area contributed by atoms with Crippen molar-refractivity contribution in [1.82, 2.24) is 0 Å². The van der Waals surface area contributed by atoms with Crippen molar-refractivity contribution in [3.8, 4) is 0 Å². The lowest BCUT2D eigenvalue weighted by Crippen LogP contribution is -1.83. The summed E-state index contributed by atoms with van der Waals surface area (Å²) >= 11 is 0. The van der Waals surface area contributed by atoms with Gasteiger partial charge in [0.2, 0.25) is 0 Å². The molecule has 1 nitrogen and oxygen atoms in total. The summed E-state index contributed by atoms with van der Waals surface area (Å²) in [6.45, 7) is 4.29. The van der Waals surface area contributed by atoms with Crippen LogP contribution in [-0.2, 0) is 4.74 Å². The van der Waals surface area contributed by atoms with E-state index in [1.807, 2.05) is 6.08 Å². The summed E-state index contributed by atoms with van der Waals surface area (Å²) in [4.78, 5) is 0. The summed E-state index contributed by atoms with van der Waals surface area (Å²) in [5.74, 6) is 0. The van der Waals surface area contributed by atoms with Gasteiger partial charge in [0.05, 0.1) is 0 Å². The molecule has 42 valence electrons. The van der Waals surface area contributed by atoms with Gasteiger partial charge >= 0.3 is 0 Å². The van der Waals surface area contributed by atoms with Gasteiger partial charge in [-0.3, -0.25) is 0 Å². The minimum atomic E-state index is 0.700. The molecular formula is C7H8O. The summed E-state index contributed by atoms with van der Waals surface area (Å²) in [6, 6.07) is 0. The van der Waals surface area contributed by atoms with E-state index in [2.05, 4.69) is 12.3 Å². The molecule has 1 heteroatoms. The second kappa shape index (κ2) is 2.39. The fourth-order valence-corrected chi connectivity index (χ4v) is 0.601. The summed E-state index contributed by atoms with van der Waals surface area (Å²) in [5.41, 5.74) is 4.14. The molecule has 0 saturated heterocycles. The second-order valence-corrected chi connectivity index (χ2v) is 1.67. The van der Waals surface area contributed by atoms with Gasteiger partial charge in [-0.05, 0) is 6.42 Å². The zero-order valence-electron chi connectivity index (χ0n) is 4.68. The second-order valence-electron chi connectivity index (χ2n) is 1.67. The van der Waals surface area contributed by atoms with Crippen molar-refractivity contribution in [2.75, 3.05) is 6.61 Å². The Morgan fingerprint density at radius 3 is 3.38 bits per heavy atom. The Bertz CT molecular complexity index is 150. The Balaban J connectivity index is 2.47. The van der Waals surface area contributed by atoms with E-state index in [1.165, 1.54) is 5.57 Å². The lowest BCUT2D eigenvalue weighted by molar-refractivity contribution is 0.293. The zero-order chi connectivity index (χ0) is 5.82. The Kier molecular flexibility index (Phi) is 1.55. The van der Waals surface area contributed by atoms with E-state index in [0.717, 1.165) is 6.42 Å². The molecule has 0 aromatic carbocycles. The molecule has 0 N–H and O–H groups in total. The first-order valence-corrected chi connectivity index (χ1v) is 2.59. The fraction of sp³-hybridized carbons (Fsp3) is 0.286. The summed E-state index contributed by atoms with van der Waals surface area (Å²) in [6.07, 6.45) is 4.35. The third-order valence-electron chi connectivity index (χ3n) is 0.995. The lowest BCUT2D eigenvalue weighted by Gasteiger charge is -1.91. The van der Waals surface area contributed by atoms with E-state index >= 15 is 0 Å². The van der Waals surface area contributed by atoms with Crippen LogP contribution in [0.5, 0.6) is 0 Å². The molecule has 1 rings (SSSR count). The number of hydrogen-bond donors (Lipinski definition) is 0. The highest BCUT2D eigenvalue weighted by Crippen LogP contribution is 2.05. The van der Waals surface area contributed by atoms with Gasteiger partial charge < -0.3 is 4.74 Å². The monoisotopic (exact) mass is 108 g/mol. The van der Waals surface area contributed by atoms with Gasteiger partial charge in [0.15, 0.2) is 0 Å². The summed E-state index contributed by atoms with van der Waals surface area (Å²) in [7, 11) is 0. The summed E-state index contributed by atoms with van der Waals surface area (Å²) < 4.78 is 4.89. The third kappa shape index (κ3) is 1.02. The van der Waals surface area contributed by atoms with E-state index in [0.29, 0.717) is 6.61 Å². The Labute approximate surface area is 49.0 Å². The van der Waals surface area contributed by atoms with E-state index in [-0.39, 0.29) is 0 Å². The number of ether oxygens (including phenoxy) is 1. The minimum absolute atomic E-state index is 0.700. The minimum Gasteiger partial charge on any atom is -0.488 e. The highest BCUT2D eigenvalue weighted by molar-refractivity contribution is 5.08. The molecule has 0 aromatic rings. The van der Waals surface area contributed by atoms with Crippen LogP contribution in [-0.4, -0.2) is 6.61 Å². The molecular weight excluding hydrogens is 100 g/mol. The Hall–Kier alpha value is -0.940. The van der Waals surface area contributed by atoms with Gasteiger partial charge in [-0.25, -0.2) is 0 Å². The van der Waals surface area contributed by atoms with Crippen molar-refractivity contribution < 1.29 is 4.74 Å². The smallest absolute Gasteiger partial charge is 0.126 e. The van der Waals surface area contributed by atoms with Crippen molar-refractivity contribution in [3.63, 3.8) is 0 Å². The predicted octanol–water partition coefficient (Wildman–Crippen LogP) is 1.63. The maximum absolute atomic E-state index is 4.89. The Morgan fingerprint density at radius 1 is 2.00 bits per heavy atom. The molecule has 0 aliphatic carbocycles. The lowest BCUT2D eigenvalue weighted by atomic mass is 10.2. The fourth-order valence-electron chi connectivity index (χ4n) is 0.601. The van der Waals surface area contributed by atoms with E-state index < -0.39 is 0 Å². The van der Waals surface area contributed by atoms with Crippen LogP contribution in [0.3, 0.4) is 0 Å². The van der Waals surface area contributed by atoms with Crippen LogP contribution in [0.25, 0.3) is 0 Å². The number of rotatable bonds is 2. The van der Waals surface area contributed by atoms with Crippen molar-refractivity contribution in [2.24, 2.45) is 0 Å². The van der Waals surface area contributed by atoms with Crippen molar-refractivity contribution in [1.29, 1.82) is 0 Å². The van der Waals surface area contributed by atoms with Gasteiger partial charge in [-0.1, -0.05) is 11.8 Å². The van der Waals surface area contributed by atoms with Gasteiger partial charge in [0, 0.05) is 5.57 Å². The number of hydrogen-bond acceptors (Lipinski definition) is 1. The molecule has 0 fully saturated rings. The maximum atomic E-state index is 4.89. The molecule has 1 aliphatic heterocycles. The molecule has 0 atom stereocenters. The van der Waals surface area contributed by atoms with Gasteiger partial charge in [-0.2, -0.15) is 0 Å². The largest absolute Gasteiger partial charge is 0.488 e. The SMILES string of the molecule is C=CCC1=C=COC1. The summed E-state index contributed by atoms with van der Waals surface area (Å²) in [5, 5.41) is 0. The molecule has 0 saturated carbocycles. The standard InChI is InChI=1S/C7H8O/c1-2-3-7-4-5-8-6-7/h2,5H,1,3,6H2. The maximum Gasteiger partial charge on any atom is 0.126 e. The van der Waals surface area contributed by atoms with Crippen molar-refractivity contribution in [3.05, 3.63) is 30.2 Å². The quantitative estimate of drug-likeness (QED) is 0.386. The zero-order valence-corrected chi connectivity index (χ0v) is 4.68. The van der Waals surface area contributed by atoms with Gasteiger partial charge in [0.1, 0.15) is 12.9 Å². The van der Waals surface area contributed by atoms with Gasteiger partial charge in [-0.15, -0.1) is 6.58 Å². The first-order chi connectivity index (χ1) is 3.93. The molecule has 0 aromatic heterocycles. The molecule has 0 unspecified atom stereocenters. The van der Waals surface area contributed by atoms with E-state index in [1.54, 1.807) is 6.26 Å². The average molecular weight is 108 g/mol. The molecule has 1 heterocycles. The average Bonchev–Trinajstić information content (AvgIpc) is 2.19. The predicted molar refractivity (Wildman–Crippen MR) is 32.4 cm³/mol. The van der Waals surface area contributed by atoms with Crippen LogP contribution in [0.4, 0.5) is 0 Å². The molecule has 8 heavy (non-hydrogen) atoms. The van der Waals surface area contributed by atoms with Crippen molar-refractivity contribution >= 4 is 0 Å². The molecule has 0 bridgehead atoms. The molecule has 0 spiro atoms. The first-order valence-electron chi connectivity index (χ1n) is 2.59. The van der Waals surface area contributed by atoms with E-state index in [9.17, 15) is 0 Å². The van der Waals surface area contributed by atoms with E-state index in [4.69, 9.17) is 4.74 Å². The molecule has 0 amide bonds. The van der Waals surface area contributed by atoms with Crippen LogP contribution < -0.4 is 0 Å². The highest BCUT2D eigenvalue weighted by Gasteiger charge is 1.95. The molecule has 0 radical (unpaired) electrons.